The van der Waals surface area contributed by atoms with E-state index in [2.05, 4.69) is 26.6 Å². The van der Waals surface area contributed by atoms with Crippen molar-refractivity contribution in [2.45, 2.75) is 52.0 Å². The number of aromatic hydroxyl groups is 2. The maximum atomic E-state index is 12.7. The molecule has 8 heteroatoms. The fourth-order valence-electron chi connectivity index (χ4n) is 5.65. The van der Waals surface area contributed by atoms with Crippen LogP contribution in [0.25, 0.3) is 17.1 Å². The fourth-order valence-corrected chi connectivity index (χ4v) is 5.65. The number of nitrogens with one attached hydrogen (secondary N) is 1. The fraction of sp³-hybridized carbons (Fsp3) is 0.448. The third kappa shape index (κ3) is 5.16. The number of phenolic OH excluding ortho intramolecular Hbond substituents is 2. The summed E-state index contributed by atoms with van der Waals surface area (Å²) in [5, 5.41) is 27.4. The Morgan fingerprint density at radius 1 is 1.05 bits per heavy atom. The van der Waals surface area contributed by atoms with Crippen LogP contribution in [0.5, 0.6) is 11.5 Å². The van der Waals surface area contributed by atoms with E-state index in [0.29, 0.717) is 28.6 Å². The molecule has 0 spiro atoms. The van der Waals surface area contributed by atoms with Gasteiger partial charge in [-0.1, -0.05) is 32.6 Å². The summed E-state index contributed by atoms with van der Waals surface area (Å²) in [6.45, 7) is 13.6. The number of hydrogen-bond acceptors (Lipinski definition) is 6. The average Bonchev–Trinajstić information content (AvgIpc) is 3.55. The molecule has 3 aromatic rings. The van der Waals surface area contributed by atoms with Crippen molar-refractivity contribution in [3.05, 3.63) is 70.3 Å². The summed E-state index contributed by atoms with van der Waals surface area (Å²) in [4.78, 5) is 17.7. The number of allylic oxidation sites excluding steroid dienone is 1. The Balaban J connectivity index is 1.29. The number of phenols is 2. The average molecular weight is 504 g/mol. The third-order valence-electron chi connectivity index (χ3n) is 7.85. The van der Waals surface area contributed by atoms with E-state index in [1.807, 2.05) is 38.1 Å². The van der Waals surface area contributed by atoms with Crippen LogP contribution in [0.1, 0.15) is 56.6 Å². The van der Waals surface area contributed by atoms with Gasteiger partial charge in [0.15, 0.2) is 5.82 Å². The SMILES string of the molecule is C=C(C1CCN(Cc2ccc(-n3c(-c4cc(C(C)C)c(O)cc4O)n[nH]c3=O)cc2)CC1)N1CCCC1. The predicted molar refractivity (Wildman–Crippen MR) is 145 cm³/mol. The van der Waals surface area contributed by atoms with Crippen LogP contribution < -0.4 is 5.69 Å². The van der Waals surface area contributed by atoms with Gasteiger partial charge in [-0.2, -0.15) is 5.10 Å². The highest BCUT2D eigenvalue weighted by molar-refractivity contribution is 5.69. The van der Waals surface area contributed by atoms with Crippen molar-refractivity contribution in [1.29, 1.82) is 0 Å². The van der Waals surface area contributed by atoms with Gasteiger partial charge in [0.05, 0.1) is 11.3 Å². The zero-order chi connectivity index (χ0) is 26.1. The Morgan fingerprint density at radius 3 is 2.38 bits per heavy atom. The lowest BCUT2D eigenvalue weighted by atomic mass is 9.93. The molecule has 0 atom stereocenters. The second-order valence-corrected chi connectivity index (χ2v) is 10.7. The molecular weight excluding hydrogens is 466 g/mol. The molecule has 2 aromatic carbocycles. The van der Waals surface area contributed by atoms with Crippen LogP contribution in [0, 0.1) is 5.92 Å². The van der Waals surface area contributed by atoms with Gasteiger partial charge in [-0.15, -0.1) is 0 Å². The number of nitrogens with zero attached hydrogens (tertiary/aromatic N) is 4. The largest absolute Gasteiger partial charge is 0.508 e. The number of piperidine rings is 1. The molecule has 0 amide bonds. The molecular formula is C29H37N5O3. The van der Waals surface area contributed by atoms with E-state index in [4.69, 9.17) is 0 Å². The van der Waals surface area contributed by atoms with Crippen molar-refractivity contribution in [1.82, 2.24) is 24.6 Å². The number of aromatic nitrogens is 3. The summed E-state index contributed by atoms with van der Waals surface area (Å²) in [7, 11) is 0. The second-order valence-electron chi connectivity index (χ2n) is 10.7. The molecule has 0 radical (unpaired) electrons. The minimum Gasteiger partial charge on any atom is -0.508 e. The van der Waals surface area contributed by atoms with Gasteiger partial charge in [-0.05, 0) is 74.0 Å². The van der Waals surface area contributed by atoms with Crippen molar-refractivity contribution in [2.24, 2.45) is 5.92 Å². The Labute approximate surface area is 217 Å². The van der Waals surface area contributed by atoms with E-state index in [-0.39, 0.29) is 23.1 Å². The summed E-state index contributed by atoms with van der Waals surface area (Å²) in [5.74, 6) is 0.832. The quantitative estimate of drug-likeness (QED) is 0.437. The zero-order valence-electron chi connectivity index (χ0n) is 21.8. The topological polar surface area (TPSA) is 97.6 Å². The van der Waals surface area contributed by atoms with E-state index in [1.54, 1.807) is 6.07 Å². The molecule has 3 heterocycles. The van der Waals surface area contributed by atoms with Gasteiger partial charge in [-0.3, -0.25) is 4.90 Å². The highest BCUT2D eigenvalue weighted by atomic mass is 16.3. The molecule has 0 saturated carbocycles. The van der Waals surface area contributed by atoms with Crippen LogP contribution in [0.3, 0.4) is 0 Å². The maximum absolute atomic E-state index is 12.7. The Morgan fingerprint density at radius 2 is 1.73 bits per heavy atom. The van der Waals surface area contributed by atoms with Gasteiger partial charge in [-0.25, -0.2) is 14.5 Å². The molecule has 0 aliphatic carbocycles. The summed E-state index contributed by atoms with van der Waals surface area (Å²) >= 11 is 0. The molecule has 2 saturated heterocycles. The van der Waals surface area contributed by atoms with Gasteiger partial charge in [0.25, 0.3) is 0 Å². The van der Waals surface area contributed by atoms with E-state index < -0.39 is 0 Å². The van der Waals surface area contributed by atoms with E-state index in [9.17, 15) is 15.0 Å². The van der Waals surface area contributed by atoms with Gasteiger partial charge >= 0.3 is 5.69 Å². The summed E-state index contributed by atoms with van der Waals surface area (Å²) in [5.41, 5.74) is 3.87. The first-order valence-corrected chi connectivity index (χ1v) is 13.3. The highest BCUT2D eigenvalue weighted by Crippen LogP contribution is 2.37. The van der Waals surface area contributed by atoms with Gasteiger partial charge in [0.1, 0.15) is 11.5 Å². The predicted octanol–water partition coefficient (Wildman–Crippen LogP) is 4.58. The van der Waals surface area contributed by atoms with Crippen molar-refractivity contribution in [3.63, 3.8) is 0 Å². The molecule has 5 rings (SSSR count). The molecule has 8 nitrogen and oxygen atoms in total. The smallest absolute Gasteiger partial charge is 0.348 e. The lowest BCUT2D eigenvalue weighted by Crippen LogP contribution is -2.36. The van der Waals surface area contributed by atoms with E-state index in [1.165, 1.54) is 34.7 Å². The molecule has 0 bridgehead atoms. The molecule has 37 heavy (non-hydrogen) atoms. The molecule has 2 aliphatic heterocycles. The number of H-pyrrole nitrogens is 1. The Hall–Kier alpha value is -3.52. The first kappa shape index (κ1) is 25.1. The lowest BCUT2D eigenvalue weighted by Gasteiger charge is -2.36. The highest BCUT2D eigenvalue weighted by Gasteiger charge is 2.26. The van der Waals surface area contributed by atoms with Gasteiger partial charge < -0.3 is 15.1 Å². The molecule has 196 valence electrons. The molecule has 3 N–H and O–H groups in total. The number of aromatic amines is 1. The summed E-state index contributed by atoms with van der Waals surface area (Å²) < 4.78 is 1.45. The van der Waals surface area contributed by atoms with Crippen molar-refractivity contribution < 1.29 is 10.2 Å². The minimum absolute atomic E-state index is 0.0226. The van der Waals surface area contributed by atoms with Crippen LogP contribution in [0.4, 0.5) is 0 Å². The Bertz CT molecular complexity index is 1310. The van der Waals surface area contributed by atoms with Crippen LogP contribution >= 0.6 is 0 Å². The van der Waals surface area contributed by atoms with Crippen molar-refractivity contribution >= 4 is 0 Å². The molecule has 2 aliphatic rings. The number of hydrogen-bond donors (Lipinski definition) is 3. The first-order valence-electron chi connectivity index (χ1n) is 13.3. The standard InChI is InChI=1S/C29H37N5O3/c1-19(2)24-16-25(27(36)17-26(24)35)28-30-31-29(37)34(28)23-8-6-21(7-9-23)18-32-14-10-22(11-15-32)20(3)33-12-4-5-13-33/h6-9,16-17,19,22,35-36H,3-5,10-15,18H2,1-2H3,(H,31,37). The normalized spacial score (nSPS) is 17.1. The minimum atomic E-state index is -0.387. The van der Waals surface area contributed by atoms with Crippen LogP contribution in [0.2, 0.25) is 0 Å². The molecule has 0 unspecified atom stereocenters. The lowest BCUT2D eigenvalue weighted by molar-refractivity contribution is 0.175. The summed E-state index contributed by atoms with van der Waals surface area (Å²) in [6.07, 6.45) is 4.87. The zero-order valence-corrected chi connectivity index (χ0v) is 21.8. The van der Waals surface area contributed by atoms with Crippen molar-refractivity contribution in [2.75, 3.05) is 26.2 Å². The van der Waals surface area contributed by atoms with Crippen LogP contribution in [-0.2, 0) is 6.54 Å². The van der Waals surface area contributed by atoms with Crippen LogP contribution in [-0.4, -0.2) is 61.0 Å². The maximum Gasteiger partial charge on any atom is 0.348 e. The number of benzene rings is 2. The molecule has 1 aromatic heterocycles. The Kier molecular flexibility index (Phi) is 7.11. The van der Waals surface area contributed by atoms with E-state index in [0.717, 1.165) is 45.6 Å². The third-order valence-corrected chi connectivity index (χ3v) is 7.85. The van der Waals surface area contributed by atoms with Crippen LogP contribution in [0.15, 0.2) is 53.5 Å². The van der Waals surface area contributed by atoms with Crippen molar-refractivity contribution in [3.8, 4) is 28.6 Å². The second kappa shape index (κ2) is 10.5. The summed E-state index contributed by atoms with van der Waals surface area (Å²) in [6, 6.07) is 10.9. The van der Waals surface area contributed by atoms with Gasteiger partial charge in [0.2, 0.25) is 0 Å². The monoisotopic (exact) mass is 503 g/mol. The number of likely N-dealkylation sites (tertiary alicyclic amines) is 2. The van der Waals surface area contributed by atoms with E-state index >= 15 is 0 Å². The molecule has 2 fully saturated rings. The van der Waals surface area contributed by atoms with Gasteiger partial charge in [0, 0.05) is 37.3 Å². The number of rotatable bonds is 7. The first-order chi connectivity index (χ1) is 17.8.